The van der Waals surface area contributed by atoms with Crippen LogP contribution in [-0.2, 0) is 4.79 Å². The number of allylic oxidation sites excluding steroid dienone is 1. The molecule has 2 heteroatoms. The number of terminal acetylenes is 1. The molecule has 0 aromatic carbocycles. The minimum atomic E-state index is -0.925. The summed E-state index contributed by atoms with van der Waals surface area (Å²) in [6.45, 7) is 6.94. The molecule has 2 nitrogen and oxygen atoms in total. The maximum atomic E-state index is 12.0. The Labute approximate surface area is 146 Å². The Hall–Kier alpha value is -1.07. The van der Waals surface area contributed by atoms with E-state index in [0.29, 0.717) is 35.9 Å². The van der Waals surface area contributed by atoms with Gasteiger partial charge in [-0.15, -0.1) is 6.42 Å². The monoisotopic (exact) mass is 326 g/mol. The lowest BCUT2D eigenvalue weighted by molar-refractivity contribution is -0.121. The third-order valence-corrected chi connectivity index (χ3v) is 8.67. The van der Waals surface area contributed by atoms with Gasteiger partial charge in [-0.3, -0.25) is 4.79 Å². The van der Waals surface area contributed by atoms with Crippen molar-refractivity contribution in [3.8, 4) is 12.3 Å². The lowest BCUT2D eigenvalue weighted by atomic mass is 9.45. The molecule has 1 N–H and O–H groups in total. The SMILES string of the molecule is C#CC1(O)CC[C@H]2[C@@H]3CC(C)C4=CC(=O)CC[C@]4(C)[C@@H]3CC[C@@]21C. The van der Waals surface area contributed by atoms with Gasteiger partial charge in [0.2, 0.25) is 0 Å². The number of carbonyl (C=O) groups excluding carboxylic acids is 1. The quantitative estimate of drug-likeness (QED) is 0.680. The first-order valence-corrected chi connectivity index (χ1v) is 9.70. The Morgan fingerprint density at radius 1 is 1.21 bits per heavy atom. The van der Waals surface area contributed by atoms with Crippen LogP contribution in [-0.4, -0.2) is 16.5 Å². The van der Waals surface area contributed by atoms with Gasteiger partial charge in [0, 0.05) is 11.8 Å². The highest BCUT2D eigenvalue weighted by molar-refractivity contribution is 5.91. The van der Waals surface area contributed by atoms with E-state index in [0.717, 1.165) is 38.5 Å². The number of hydrogen-bond donors (Lipinski definition) is 1. The fourth-order valence-corrected chi connectivity index (χ4v) is 7.24. The van der Waals surface area contributed by atoms with Gasteiger partial charge < -0.3 is 5.11 Å². The zero-order valence-corrected chi connectivity index (χ0v) is 15.3. The van der Waals surface area contributed by atoms with E-state index in [-0.39, 0.29) is 10.8 Å². The van der Waals surface area contributed by atoms with Crippen LogP contribution in [0.3, 0.4) is 0 Å². The summed E-state index contributed by atoms with van der Waals surface area (Å²) in [5, 5.41) is 11.0. The second kappa shape index (κ2) is 4.98. The Morgan fingerprint density at radius 2 is 1.92 bits per heavy atom. The average Bonchev–Trinajstić information content (AvgIpc) is 2.82. The van der Waals surface area contributed by atoms with Gasteiger partial charge in [0.25, 0.3) is 0 Å². The second-order valence-electron chi connectivity index (χ2n) is 9.50. The molecular weight excluding hydrogens is 296 g/mol. The molecular formula is C22H30O2. The van der Waals surface area contributed by atoms with E-state index < -0.39 is 5.60 Å². The smallest absolute Gasteiger partial charge is 0.155 e. The van der Waals surface area contributed by atoms with Crippen molar-refractivity contribution in [3.05, 3.63) is 11.6 Å². The van der Waals surface area contributed by atoms with E-state index in [1.807, 2.05) is 6.08 Å². The highest BCUT2D eigenvalue weighted by Gasteiger charge is 2.64. The molecule has 0 saturated heterocycles. The van der Waals surface area contributed by atoms with Crippen molar-refractivity contribution in [1.82, 2.24) is 0 Å². The first-order valence-electron chi connectivity index (χ1n) is 9.70. The molecule has 0 spiro atoms. The van der Waals surface area contributed by atoms with Gasteiger partial charge in [-0.1, -0.05) is 32.3 Å². The highest BCUT2D eigenvalue weighted by atomic mass is 16.3. The van der Waals surface area contributed by atoms with Crippen LogP contribution in [0.25, 0.3) is 0 Å². The van der Waals surface area contributed by atoms with Crippen molar-refractivity contribution < 1.29 is 9.90 Å². The maximum Gasteiger partial charge on any atom is 0.155 e. The number of fused-ring (bicyclic) bond motifs is 5. The molecule has 3 fully saturated rings. The van der Waals surface area contributed by atoms with Crippen molar-refractivity contribution in [3.63, 3.8) is 0 Å². The summed E-state index contributed by atoms with van der Waals surface area (Å²) >= 11 is 0. The van der Waals surface area contributed by atoms with Crippen molar-refractivity contribution in [2.75, 3.05) is 0 Å². The molecule has 0 heterocycles. The molecule has 7 atom stereocenters. The van der Waals surface area contributed by atoms with E-state index in [1.54, 1.807) is 0 Å². The molecule has 130 valence electrons. The summed E-state index contributed by atoms with van der Waals surface area (Å²) in [4.78, 5) is 12.0. The Kier molecular flexibility index (Phi) is 3.40. The van der Waals surface area contributed by atoms with Crippen LogP contribution >= 0.6 is 0 Å². The Bertz CT molecular complexity index is 655. The van der Waals surface area contributed by atoms with E-state index in [9.17, 15) is 9.90 Å². The predicted octanol–water partition coefficient (Wildman–Crippen LogP) is 4.13. The molecule has 0 radical (unpaired) electrons. The van der Waals surface area contributed by atoms with Gasteiger partial charge in [0.05, 0.1) is 0 Å². The maximum absolute atomic E-state index is 12.0. The zero-order valence-electron chi connectivity index (χ0n) is 15.3. The largest absolute Gasteiger partial charge is 0.377 e. The van der Waals surface area contributed by atoms with Crippen LogP contribution in [0.2, 0.25) is 0 Å². The average molecular weight is 326 g/mol. The lowest BCUT2D eigenvalue weighted by Gasteiger charge is -2.60. The van der Waals surface area contributed by atoms with Crippen LogP contribution in [0, 0.1) is 46.8 Å². The van der Waals surface area contributed by atoms with E-state index in [2.05, 4.69) is 26.7 Å². The number of rotatable bonds is 0. The van der Waals surface area contributed by atoms with Crippen molar-refractivity contribution in [2.24, 2.45) is 34.5 Å². The van der Waals surface area contributed by atoms with Gasteiger partial charge in [-0.2, -0.15) is 0 Å². The summed E-state index contributed by atoms with van der Waals surface area (Å²) < 4.78 is 0. The van der Waals surface area contributed by atoms with Crippen LogP contribution in [0.15, 0.2) is 11.6 Å². The number of hydrogen-bond acceptors (Lipinski definition) is 2. The number of aliphatic hydroxyl groups is 1. The fraction of sp³-hybridized carbons (Fsp3) is 0.773. The normalized spacial score (nSPS) is 53.5. The molecule has 4 aliphatic rings. The summed E-state index contributed by atoms with van der Waals surface area (Å²) in [7, 11) is 0. The van der Waals surface area contributed by atoms with Crippen molar-refractivity contribution >= 4 is 5.78 Å². The third-order valence-electron chi connectivity index (χ3n) is 8.67. The summed E-state index contributed by atoms with van der Waals surface area (Å²) in [5.74, 6) is 5.35. The summed E-state index contributed by atoms with van der Waals surface area (Å²) in [5.41, 5.74) is 0.527. The molecule has 0 amide bonds. The van der Waals surface area contributed by atoms with Gasteiger partial charge >= 0.3 is 0 Å². The van der Waals surface area contributed by atoms with Gasteiger partial charge in [0.1, 0.15) is 5.60 Å². The Morgan fingerprint density at radius 3 is 2.62 bits per heavy atom. The van der Waals surface area contributed by atoms with Crippen molar-refractivity contribution in [2.45, 2.75) is 71.3 Å². The van der Waals surface area contributed by atoms with Crippen LogP contribution in [0.1, 0.15) is 65.7 Å². The molecule has 4 aliphatic carbocycles. The lowest BCUT2D eigenvalue weighted by Crippen LogP contribution is -2.55. The second-order valence-corrected chi connectivity index (χ2v) is 9.50. The molecule has 0 aromatic heterocycles. The minimum absolute atomic E-state index is 0.134. The van der Waals surface area contributed by atoms with Gasteiger partial charge in [-0.05, 0) is 73.7 Å². The molecule has 24 heavy (non-hydrogen) atoms. The first-order chi connectivity index (χ1) is 11.2. The highest BCUT2D eigenvalue weighted by Crippen LogP contribution is 2.68. The fourth-order valence-electron chi connectivity index (χ4n) is 7.24. The standard InChI is InChI=1S/C22H30O2/c1-5-22(24)11-8-18-16-12-14(2)19-13-15(23)6-9-20(19,3)17(16)7-10-21(18,22)4/h1,13-14,16-18,24H,6-12H2,2-4H3/t14?,16-,17-,18+,20-,21+,22?/m1/s1. The summed E-state index contributed by atoms with van der Waals surface area (Å²) in [6, 6.07) is 0. The zero-order chi connectivity index (χ0) is 17.3. The molecule has 0 bridgehead atoms. The van der Waals surface area contributed by atoms with E-state index in [1.165, 1.54) is 5.57 Å². The molecule has 3 saturated carbocycles. The van der Waals surface area contributed by atoms with Crippen LogP contribution < -0.4 is 0 Å². The van der Waals surface area contributed by atoms with Crippen LogP contribution in [0.5, 0.6) is 0 Å². The Balaban J connectivity index is 1.74. The predicted molar refractivity (Wildman–Crippen MR) is 95.0 cm³/mol. The van der Waals surface area contributed by atoms with Crippen LogP contribution in [0.4, 0.5) is 0 Å². The third kappa shape index (κ3) is 1.86. The van der Waals surface area contributed by atoms with Crippen molar-refractivity contribution in [1.29, 1.82) is 0 Å². The van der Waals surface area contributed by atoms with Gasteiger partial charge in [-0.25, -0.2) is 0 Å². The number of carbonyl (C=O) groups is 1. The summed E-state index contributed by atoms with van der Waals surface area (Å²) in [6.07, 6.45) is 14.6. The minimum Gasteiger partial charge on any atom is -0.377 e. The topological polar surface area (TPSA) is 37.3 Å². The molecule has 4 rings (SSSR count). The van der Waals surface area contributed by atoms with E-state index >= 15 is 0 Å². The van der Waals surface area contributed by atoms with E-state index in [4.69, 9.17) is 6.42 Å². The molecule has 0 aliphatic heterocycles. The van der Waals surface area contributed by atoms with Gasteiger partial charge in [0.15, 0.2) is 5.78 Å². The molecule has 2 unspecified atom stereocenters. The number of ketones is 1. The first kappa shape index (κ1) is 16.4. The molecule has 0 aromatic rings.